The molecule has 0 unspecified atom stereocenters. The number of carbonyl (C=O) groups excluding carboxylic acids is 1. The van der Waals surface area contributed by atoms with E-state index < -0.39 is 0 Å². The van der Waals surface area contributed by atoms with Crippen LogP contribution in [0.4, 0.5) is 5.69 Å². The molecule has 1 atom stereocenters. The van der Waals surface area contributed by atoms with E-state index in [0.29, 0.717) is 41.7 Å². The molecule has 0 radical (unpaired) electrons. The van der Waals surface area contributed by atoms with Crippen LogP contribution < -0.4 is 14.4 Å². The van der Waals surface area contributed by atoms with Gasteiger partial charge in [0.1, 0.15) is 17.3 Å². The van der Waals surface area contributed by atoms with Gasteiger partial charge in [0.15, 0.2) is 0 Å². The van der Waals surface area contributed by atoms with Gasteiger partial charge in [-0.15, -0.1) is 0 Å². The van der Waals surface area contributed by atoms with Gasteiger partial charge in [0.25, 0.3) is 0 Å². The maximum atomic E-state index is 13.1. The lowest BCUT2D eigenvalue weighted by Crippen LogP contribution is -2.25. The van der Waals surface area contributed by atoms with Crippen molar-refractivity contribution in [1.29, 1.82) is 0 Å². The third kappa shape index (κ3) is 3.91. The molecule has 1 fully saturated rings. The van der Waals surface area contributed by atoms with E-state index in [-0.39, 0.29) is 11.8 Å². The Labute approximate surface area is 197 Å². The molecule has 1 aliphatic heterocycles. The monoisotopic (exact) mass is 461 g/mol. The number of nitrogens with zero attached hydrogens (tertiary/aromatic N) is 3. The fraction of sp³-hybridized carbons (Fsp3) is 0.231. The van der Waals surface area contributed by atoms with Gasteiger partial charge in [-0.25, -0.2) is 4.98 Å². The second-order valence-electron chi connectivity index (χ2n) is 8.08. The van der Waals surface area contributed by atoms with Crippen molar-refractivity contribution in [3.63, 3.8) is 0 Å². The van der Waals surface area contributed by atoms with Crippen LogP contribution in [0.15, 0.2) is 66.7 Å². The van der Waals surface area contributed by atoms with E-state index in [1.54, 1.807) is 19.1 Å². The highest BCUT2D eigenvalue weighted by Gasteiger charge is 2.36. The Hall–Kier alpha value is -3.51. The smallest absolute Gasteiger partial charge is 0.227 e. The van der Waals surface area contributed by atoms with Gasteiger partial charge in [-0.05, 0) is 35.9 Å². The Morgan fingerprint density at radius 3 is 2.61 bits per heavy atom. The van der Waals surface area contributed by atoms with Crippen molar-refractivity contribution in [3.05, 3.63) is 83.1 Å². The highest BCUT2D eigenvalue weighted by atomic mass is 35.5. The lowest BCUT2D eigenvalue weighted by Gasteiger charge is -2.20. The number of halogens is 1. The zero-order valence-corrected chi connectivity index (χ0v) is 19.2. The van der Waals surface area contributed by atoms with Gasteiger partial charge in [0, 0.05) is 30.0 Å². The summed E-state index contributed by atoms with van der Waals surface area (Å²) in [5, 5.41) is 0.714. The van der Waals surface area contributed by atoms with Crippen LogP contribution in [0.25, 0.3) is 11.0 Å². The molecular formula is C26H24ClN3O3. The number of fused-ring (bicyclic) bond motifs is 1. The van der Waals surface area contributed by atoms with Crippen LogP contribution in [0.5, 0.6) is 11.5 Å². The summed E-state index contributed by atoms with van der Waals surface area (Å²) in [5.41, 5.74) is 3.65. The third-order valence-electron chi connectivity index (χ3n) is 6.14. The van der Waals surface area contributed by atoms with E-state index in [1.165, 1.54) is 0 Å². The number of hydrogen-bond acceptors (Lipinski definition) is 4. The van der Waals surface area contributed by atoms with Crippen molar-refractivity contribution in [1.82, 2.24) is 9.55 Å². The maximum absolute atomic E-state index is 13.1. The second-order valence-corrected chi connectivity index (χ2v) is 8.49. The van der Waals surface area contributed by atoms with Gasteiger partial charge in [-0.2, -0.15) is 0 Å². The van der Waals surface area contributed by atoms with Crippen LogP contribution in [0.1, 0.15) is 23.7 Å². The molecule has 33 heavy (non-hydrogen) atoms. The van der Waals surface area contributed by atoms with Crippen molar-refractivity contribution >= 4 is 34.2 Å². The molecule has 0 aliphatic carbocycles. The number of carbonyl (C=O) groups is 1. The molecule has 1 aliphatic rings. The average molecular weight is 462 g/mol. The average Bonchev–Trinajstić information content (AvgIpc) is 3.40. The summed E-state index contributed by atoms with van der Waals surface area (Å²) in [6.45, 7) is 1.09. The first-order valence-corrected chi connectivity index (χ1v) is 11.2. The molecule has 0 bridgehead atoms. The Morgan fingerprint density at radius 2 is 1.82 bits per heavy atom. The number of benzene rings is 3. The second kappa shape index (κ2) is 8.79. The van der Waals surface area contributed by atoms with Crippen LogP contribution in [-0.2, 0) is 11.3 Å². The zero-order valence-electron chi connectivity index (χ0n) is 18.5. The Balaban J connectivity index is 1.54. The number of anilines is 1. The molecule has 6 nitrogen and oxygen atoms in total. The largest absolute Gasteiger partial charge is 0.497 e. The topological polar surface area (TPSA) is 56.6 Å². The van der Waals surface area contributed by atoms with Crippen molar-refractivity contribution in [3.8, 4) is 11.5 Å². The van der Waals surface area contributed by atoms with Crippen LogP contribution in [-0.4, -0.2) is 36.2 Å². The number of para-hydroxylation sites is 2. The molecule has 0 spiro atoms. The number of ether oxygens (including phenoxy) is 2. The fourth-order valence-electron chi connectivity index (χ4n) is 4.49. The summed E-state index contributed by atoms with van der Waals surface area (Å²) in [7, 11) is 3.21. The minimum atomic E-state index is -0.0664. The van der Waals surface area contributed by atoms with Gasteiger partial charge in [0.05, 0.1) is 37.5 Å². The van der Waals surface area contributed by atoms with Crippen molar-refractivity contribution in [2.24, 2.45) is 0 Å². The van der Waals surface area contributed by atoms with E-state index in [2.05, 4.69) is 10.6 Å². The molecule has 4 aromatic rings. The molecule has 1 amide bonds. The molecule has 1 aromatic heterocycles. The van der Waals surface area contributed by atoms with E-state index in [1.807, 2.05) is 60.7 Å². The molecule has 0 N–H and O–H groups in total. The first kappa shape index (κ1) is 21.3. The molecule has 5 rings (SSSR count). The molecule has 2 heterocycles. The highest BCUT2D eigenvalue weighted by Crippen LogP contribution is 2.39. The molecule has 0 saturated carbocycles. The Morgan fingerprint density at radius 1 is 1.03 bits per heavy atom. The van der Waals surface area contributed by atoms with E-state index in [0.717, 1.165) is 22.4 Å². The summed E-state index contributed by atoms with van der Waals surface area (Å²) in [4.78, 5) is 19.9. The Kier molecular flexibility index (Phi) is 5.68. The predicted octanol–water partition coefficient (Wildman–Crippen LogP) is 5.28. The predicted molar refractivity (Wildman–Crippen MR) is 130 cm³/mol. The van der Waals surface area contributed by atoms with Gasteiger partial charge in [0.2, 0.25) is 5.91 Å². The summed E-state index contributed by atoms with van der Waals surface area (Å²) in [5.74, 6) is 2.16. The van der Waals surface area contributed by atoms with Gasteiger partial charge < -0.3 is 18.9 Å². The molecule has 168 valence electrons. The van der Waals surface area contributed by atoms with Gasteiger partial charge in [-0.1, -0.05) is 41.9 Å². The number of amides is 1. The van der Waals surface area contributed by atoms with Crippen LogP contribution in [0, 0.1) is 0 Å². The molecular weight excluding hydrogens is 438 g/mol. The van der Waals surface area contributed by atoms with Crippen molar-refractivity contribution in [2.75, 3.05) is 25.7 Å². The first-order chi connectivity index (χ1) is 16.1. The van der Waals surface area contributed by atoms with Crippen LogP contribution >= 0.6 is 11.6 Å². The number of hydrogen-bond donors (Lipinski definition) is 0. The lowest BCUT2D eigenvalue weighted by molar-refractivity contribution is -0.117. The zero-order chi connectivity index (χ0) is 22.9. The van der Waals surface area contributed by atoms with Crippen LogP contribution in [0.2, 0.25) is 5.02 Å². The summed E-state index contributed by atoms with van der Waals surface area (Å²) in [6, 6.07) is 21.3. The first-order valence-electron chi connectivity index (χ1n) is 10.8. The molecule has 7 heteroatoms. The molecule has 1 saturated heterocycles. The SMILES string of the molecule is COc1ccc(OC)c(N2C[C@@H](c3nc4ccccc4n3Cc3ccccc3Cl)CC2=O)c1. The maximum Gasteiger partial charge on any atom is 0.227 e. The lowest BCUT2D eigenvalue weighted by atomic mass is 10.1. The standard InChI is InChI=1S/C26H24ClN3O3/c1-32-19-11-12-24(33-2)23(14-19)29-16-18(13-25(29)31)26-28-21-9-5-6-10-22(21)30(26)15-17-7-3-4-8-20(17)27/h3-12,14,18H,13,15-16H2,1-2H3/t18-/m0/s1. The number of imidazole rings is 1. The van der Waals surface area contributed by atoms with Crippen molar-refractivity contribution in [2.45, 2.75) is 18.9 Å². The number of rotatable bonds is 6. The van der Waals surface area contributed by atoms with Crippen molar-refractivity contribution < 1.29 is 14.3 Å². The van der Waals surface area contributed by atoms with E-state index in [4.69, 9.17) is 26.1 Å². The minimum Gasteiger partial charge on any atom is -0.497 e. The summed E-state index contributed by atoms with van der Waals surface area (Å²) >= 11 is 6.47. The highest BCUT2D eigenvalue weighted by molar-refractivity contribution is 6.31. The summed E-state index contributed by atoms with van der Waals surface area (Å²) < 4.78 is 13.1. The van der Waals surface area contributed by atoms with Gasteiger partial charge in [-0.3, -0.25) is 4.79 Å². The van der Waals surface area contributed by atoms with Gasteiger partial charge >= 0.3 is 0 Å². The fourth-order valence-corrected chi connectivity index (χ4v) is 4.69. The number of methoxy groups -OCH3 is 2. The summed E-state index contributed by atoms with van der Waals surface area (Å²) in [6.07, 6.45) is 0.367. The molecule has 3 aromatic carbocycles. The normalized spacial score (nSPS) is 15.9. The Bertz CT molecular complexity index is 1330. The third-order valence-corrected chi connectivity index (χ3v) is 6.51. The van der Waals surface area contributed by atoms with E-state index in [9.17, 15) is 4.79 Å². The number of aromatic nitrogens is 2. The van der Waals surface area contributed by atoms with E-state index >= 15 is 0 Å². The quantitative estimate of drug-likeness (QED) is 0.392. The van der Waals surface area contributed by atoms with Crippen LogP contribution in [0.3, 0.4) is 0 Å². The minimum absolute atomic E-state index is 0.0305.